The highest BCUT2D eigenvalue weighted by Crippen LogP contribution is 2.27. The SMILES string of the molecule is COc1ccc(-c2nnc(NC(=O)Cc3ccc(Cl)cc3)s2)cc1. The summed E-state index contributed by atoms with van der Waals surface area (Å²) in [6, 6.07) is 14.7. The van der Waals surface area contributed by atoms with Crippen LogP contribution in [0.5, 0.6) is 5.75 Å². The molecule has 0 aliphatic heterocycles. The second kappa shape index (κ2) is 7.42. The summed E-state index contributed by atoms with van der Waals surface area (Å²) < 4.78 is 5.13. The Morgan fingerprint density at radius 2 is 1.83 bits per heavy atom. The van der Waals surface area contributed by atoms with Gasteiger partial charge in [-0.1, -0.05) is 35.1 Å². The Morgan fingerprint density at radius 3 is 2.50 bits per heavy atom. The fraction of sp³-hybridized carbons (Fsp3) is 0.118. The molecule has 2 aromatic carbocycles. The minimum absolute atomic E-state index is 0.144. The van der Waals surface area contributed by atoms with E-state index in [4.69, 9.17) is 16.3 Å². The molecule has 1 amide bonds. The first-order chi connectivity index (χ1) is 11.6. The number of ether oxygens (including phenoxy) is 1. The highest BCUT2D eigenvalue weighted by atomic mass is 35.5. The van der Waals surface area contributed by atoms with Crippen LogP contribution in [0.25, 0.3) is 10.6 Å². The number of benzene rings is 2. The first-order valence-corrected chi connectivity index (χ1v) is 8.36. The van der Waals surface area contributed by atoms with E-state index in [9.17, 15) is 4.79 Å². The number of hydrogen-bond donors (Lipinski definition) is 1. The number of hydrogen-bond acceptors (Lipinski definition) is 5. The fourth-order valence-electron chi connectivity index (χ4n) is 2.08. The molecule has 3 rings (SSSR count). The Kier molecular flexibility index (Phi) is 5.08. The maximum absolute atomic E-state index is 12.1. The molecule has 7 heteroatoms. The molecule has 0 saturated heterocycles. The van der Waals surface area contributed by atoms with E-state index in [1.165, 1.54) is 11.3 Å². The van der Waals surface area contributed by atoms with E-state index in [0.717, 1.165) is 21.9 Å². The Morgan fingerprint density at radius 1 is 1.12 bits per heavy atom. The van der Waals surface area contributed by atoms with E-state index >= 15 is 0 Å². The van der Waals surface area contributed by atoms with Crippen molar-refractivity contribution >= 4 is 34.0 Å². The maximum atomic E-state index is 12.1. The van der Waals surface area contributed by atoms with Gasteiger partial charge in [0.2, 0.25) is 11.0 Å². The molecule has 0 atom stereocenters. The molecule has 0 fully saturated rings. The van der Waals surface area contributed by atoms with Crippen molar-refractivity contribution < 1.29 is 9.53 Å². The van der Waals surface area contributed by atoms with Crippen molar-refractivity contribution in [1.82, 2.24) is 10.2 Å². The average molecular weight is 360 g/mol. The topological polar surface area (TPSA) is 64.1 Å². The minimum Gasteiger partial charge on any atom is -0.497 e. The Bertz CT molecular complexity index is 832. The van der Waals surface area contributed by atoms with Gasteiger partial charge in [-0.05, 0) is 42.0 Å². The van der Waals surface area contributed by atoms with Crippen molar-refractivity contribution in [2.75, 3.05) is 12.4 Å². The van der Waals surface area contributed by atoms with Gasteiger partial charge in [-0.2, -0.15) is 0 Å². The van der Waals surface area contributed by atoms with Crippen LogP contribution < -0.4 is 10.1 Å². The molecule has 0 radical (unpaired) electrons. The van der Waals surface area contributed by atoms with Gasteiger partial charge in [-0.3, -0.25) is 4.79 Å². The lowest BCUT2D eigenvalue weighted by atomic mass is 10.1. The van der Waals surface area contributed by atoms with E-state index in [0.29, 0.717) is 10.2 Å². The van der Waals surface area contributed by atoms with E-state index in [1.807, 2.05) is 36.4 Å². The third kappa shape index (κ3) is 4.10. The van der Waals surface area contributed by atoms with Crippen LogP contribution in [0.2, 0.25) is 5.02 Å². The molecular formula is C17H14ClN3O2S. The Balaban J connectivity index is 1.64. The highest BCUT2D eigenvalue weighted by molar-refractivity contribution is 7.18. The van der Waals surface area contributed by atoms with Crippen LogP contribution in [0, 0.1) is 0 Å². The number of nitrogens with zero attached hydrogens (tertiary/aromatic N) is 2. The van der Waals surface area contributed by atoms with E-state index in [1.54, 1.807) is 19.2 Å². The van der Waals surface area contributed by atoms with Crippen LogP contribution in [0.3, 0.4) is 0 Å². The number of methoxy groups -OCH3 is 1. The van der Waals surface area contributed by atoms with Crippen molar-refractivity contribution in [3.05, 3.63) is 59.1 Å². The van der Waals surface area contributed by atoms with Crippen molar-refractivity contribution in [3.63, 3.8) is 0 Å². The summed E-state index contributed by atoms with van der Waals surface area (Å²) in [5.41, 5.74) is 1.81. The standard InChI is InChI=1S/C17H14ClN3O2S/c1-23-14-8-4-12(5-9-14)16-20-21-17(24-16)19-15(22)10-11-2-6-13(18)7-3-11/h2-9H,10H2,1H3,(H,19,21,22). The number of anilines is 1. The van der Waals surface area contributed by atoms with Crippen molar-refractivity contribution in [2.45, 2.75) is 6.42 Å². The highest BCUT2D eigenvalue weighted by Gasteiger charge is 2.10. The number of carbonyl (C=O) groups excluding carboxylic acids is 1. The lowest BCUT2D eigenvalue weighted by Gasteiger charge is -2.01. The summed E-state index contributed by atoms with van der Waals surface area (Å²) in [5, 5.41) is 12.7. The molecule has 0 spiro atoms. The monoisotopic (exact) mass is 359 g/mol. The minimum atomic E-state index is -0.144. The van der Waals surface area contributed by atoms with E-state index in [-0.39, 0.29) is 12.3 Å². The zero-order valence-corrected chi connectivity index (χ0v) is 14.4. The number of nitrogens with one attached hydrogen (secondary N) is 1. The van der Waals surface area contributed by atoms with E-state index in [2.05, 4.69) is 15.5 Å². The van der Waals surface area contributed by atoms with Gasteiger partial charge in [0.1, 0.15) is 10.8 Å². The van der Waals surface area contributed by atoms with Crippen LogP contribution >= 0.6 is 22.9 Å². The van der Waals surface area contributed by atoms with Gasteiger partial charge in [0.25, 0.3) is 0 Å². The number of rotatable bonds is 5. The van der Waals surface area contributed by atoms with Crippen molar-refractivity contribution in [1.29, 1.82) is 0 Å². The van der Waals surface area contributed by atoms with Crippen molar-refractivity contribution in [2.24, 2.45) is 0 Å². The number of carbonyl (C=O) groups is 1. The average Bonchev–Trinajstić information content (AvgIpc) is 3.05. The molecule has 1 heterocycles. The van der Waals surface area contributed by atoms with Gasteiger partial charge in [-0.25, -0.2) is 0 Å². The Hall–Kier alpha value is -2.44. The summed E-state index contributed by atoms with van der Waals surface area (Å²) >= 11 is 7.16. The molecule has 1 N–H and O–H groups in total. The van der Waals surface area contributed by atoms with Crippen molar-refractivity contribution in [3.8, 4) is 16.3 Å². The van der Waals surface area contributed by atoms with Crippen LogP contribution in [0.15, 0.2) is 48.5 Å². The Labute approximate surface area is 148 Å². The normalized spacial score (nSPS) is 10.4. The third-order valence-electron chi connectivity index (χ3n) is 3.29. The maximum Gasteiger partial charge on any atom is 0.230 e. The zero-order chi connectivity index (χ0) is 16.9. The lowest BCUT2D eigenvalue weighted by molar-refractivity contribution is -0.115. The molecule has 0 aliphatic rings. The van der Waals surface area contributed by atoms with Gasteiger partial charge in [-0.15, -0.1) is 10.2 Å². The third-order valence-corrected chi connectivity index (χ3v) is 4.43. The summed E-state index contributed by atoms with van der Waals surface area (Å²) in [7, 11) is 1.62. The molecule has 5 nitrogen and oxygen atoms in total. The van der Waals surface area contributed by atoms with E-state index < -0.39 is 0 Å². The molecule has 122 valence electrons. The number of amides is 1. The second-order valence-electron chi connectivity index (χ2n) is 4.99. The summed E-state index contributed by atoms with van der Waals surface area (Å²) in [5.74, 6) is 0.634. The largest absolute Gasteiger partial charge is 0.497 e. The quantitative estimate of drug-likeness (QED) is 0.746. The van der Waals surface area contributed by atoms with Crippen LogP contribution in [0.4, 0.5) is 5.13 Å². The van der Waals surface area contributed by atoms with Crippen LogP contribution in [-0.2, 0) is 11.2 Å². The van der Waals surface area contributed by atoms with Gasteiger partial charge < -0.3 is 10.1 Å². The summed E-state index contributed by atoms with van der Waals surface area (Å²) in [6.45, 7) is 0. The van der Waals surface area contributed by atoms with Gasteiger partial charge in [0.15, 0.2) is 0 Å². The molecule has 0 unspecified atom stereocenters. The summed E-state index contributed by atoms with van der Waals surface area (Å²) in [4.78, 5) is 12.1. The predicted molar refractivity (Wildman–Crippen MR) is 95.7 cm³/mol. The van der Waals surface area contributed by atoms with Crippen LogP contribution in [0.1, 0.15) is 5.56 Å². The van der Waals surface area contributed by atoms with Gasteiger partial charge in [0.05, 0.1) is 13.5 Å². The molecule has 3 aromatic rings. The zero-order valence-electron chi connectivity index (χ0n) is 12.8. The van der Waals surface area contributed by atoms with Gasteiger partial charge >= 0.3 is 0 Å². The second-order valence-corrected chi connectivity index (χ2v) is 6.41. The fourth-order valence-corrected chi connectivity index (χ4v) is 2.97. The summed E-state index contributed by atoms with van der Waals surface area (Å²) in [6.07, 6.45) is 0.259. The molecule has 0 aliphatic carbocycles. The first-order valence-electron chi connectivity index (χ1n) is 7.16. The molecule has 0 saturated carbocycles. The predicted octanol–water partition coefficient (Wildman–Crippen LogP) is 4.05. The molecule has 0 bridgehead atoms. The number of aromatic nitrogens is 2. The van der Waals surface area contributed by atoms with Crippen LogP contribution in [-0.4, -0.2) is 23.2 Å². The molecule has 24 heavy (non-hydrogen) atoms. The first kappa shape index (κ1) is 16.4. The smallest absolute Gasteiger partial charge is 0.230 e. The number of halogens is 1. The molecular weight excluding hydrogens is 346 g/mol. The van der Waals surface area contributed by atoms with Gasteiger partial charge in [0, 0.05) is 10.6 Å². The lowest BCUT2D eigenvalue weighted by Crippen LogP contribution is -2.14. The molecule has 1 aromatic heterocycles.